The Morgan fingerprint density at radius 2 is 2.30 bits per heavy atom. The fourth-order valence-corrected chi connectivity index (χ4v) is 1.06. The molecular formula is C7H10O3. The van der Waals surface area contributed by atoms with Crippen molar-refractivity contribution in [2.24, 2.45) is 0 Å². The van der Waals surface area contributed by atoms with Crippen LogP contribution >= 0.6 is 0 Å². The predicted octanol–water partition coefficient (Wildman–Crippen LogP) is 0.0292. The van der Waals surface area contributed by atoms with Crippen molar-refractivity contribution in [2.45, 2.75) is 11.9 Å². The van der Waals surface area contributed by atoms with Gasteiger partial charge >= 0.3 is 0 Å². The van der Waals surface area contributed by atoms with Gasteiger partial charge in [0, 0.05) is 7.11 Å². The van der Waals surface area contributed by atoms with Crippen LogP contribution in [0.1, 0.15) is 0 Å². The van der Waals surface area contributed by atoms with Crippen molar-refractivity contribution in [3.05, 3.63) is 24.3 Å². The Hall–Kier alpha value is -0.640. The van der Waals surface area contributed by atoms with Gasteiger partial charge in [0.25, 0.3) is 0 Å². The summed E-state index contributed by atoms with van der Waals surface area (Å²) in [7, 11) is 1.66. The number of fused-ring (bicyclic) bond motifs is 1. The van der Waals surface area contributed by atoms with Gasteiger partial charge in [-0.25, -0.2) is 0 Å². The molecule has 0 spiro atoms. The van der Waals surface area contributed by atoms with Crippen molar-refractivity contribution in [3.63, 3.8) is 0 Å². The van der Waals surface area contributed by atoms with Crippen LogP contribution in [-0.4, -0.2) is 24.5 Å². The Morgan fingerprint density at radius 1 is 1.50 bits per heavy atom. The molecule has 0 radical (unpaired) electrons. The van der Waals surface area contributed by atoms with Gasteiger partial charge in [0.15, 0.2) is 0 Å². The minimum Gasteiger partial charge on any atom is -0.412 e. The zero-order chi connectivity index (χ0) is 6.32. The van der Waals surface area contributed by atoms with Crippen molar-refractivity contribution in [1.82, 2.24) is 0 Å². The molecule has 0 aromatic heterocycles. The maximum absolute atomic E-state index is 5.22. The molecule has 0 bridgehead atoms. The summed E-state index contributed by atoms with van der Waals surface area (Å²) in [4.78, 5) is 0. The van der Waals surface area contributed by atoms with Crippen LogP contribution < -0.4 is 0 Å². The third kappa shape index (κ3) is 0.794. The topological polar surface area (TPSA) is 53.3 Å². The largest absolute Gasteiger partial charge is 0.412 e. The van der Waals surface area contributed by atoms with Gasteiger partial charge < -0.3 is 14.9 Å². The highest BCUT2D eigenvalue weighted by atomic mass is 16.8. The second-order valence-corrected chi connectivity index (χ2v) is 2.21. The lowest BCUT2D eigenvalue weighted by atomic mass is 10.1. The summed E-state index contributed by atoms with van der Waals surface area (Å²) in [5, 5.41) is 0. The SMILES string of the molecule is COC12C=CC=CC1O2.O. The third-order valence-corrected chi connectivity index (χ3v) is 1.70. The molecule has 56 valence electrons. The van der Waals surface area contributed by atoms with Gasteiger partial charge in [0.2, 0.25) is 5.79 Å². The average molecular weight is 142 g/mol. The van der Waals surface area contributed by atoms with E-state index in [1.165, 1.54) is 0 Å². The number of epoxide rings is 1. The van der Waals surface area contributed by atoms with E-state index in [4.69, 9.17) is 9.47 Å². The highest BCUT2D eigenvalue weighted by molar-refractivity contribution is 5.27. The molecule has 1 fully saturated rings. The van der Waals surface area contributed by atoms with Crippen LogP contribution in [0.15, 0.2) is 24.3 Å². The number of hydrogen-bond donors (Lipinski definition) is 0. The lowest BCUT2D eigenvalue weighted by molar-refractivity contribution is 0.0300. The first-order valence-electron chi connectivity index (χ1n) is 2.96. The molecule has 2 atom stereocenters. The van der Waals surface area contributed by atoms with Gasteiger partial charge in [-0.1, -0.05) is 12.2 Å². The van der Waals surface area contributed by atoms with E-state index in [1.54, 1.807) is 7.11 Å². The first-order chi connectivity index (χ1) is 4.37. The van der Waals surface area contributed by atoms with E-state index in [9.17, 15) is 0 Å². The first-order valence-corrected chi connectivity index (χ1v) is 2.96. The number of ether oxygens (including phenoxy) is 2. The number of methoxy groups -OCH3 is 1. The maximum Gasteiger partial charge on any atom is 0.219 e. The van der Waals surface area contributed by atoms with Gasteiger partial charge in [-0.05, 0) is 12.2 Å². The minimum atomic E-state index is -0.380. The minimum absolute atomic E-state index is 0. The van der Waals surface area contributed by atoms with Crippen LogP contribution in [0, 0.1) is 0 Å². The van der Waals surface area contributed by atoms with Crippen molar-refractivity contribution in [1.29, 1.82) is 0 Å². The second-order valence-electron chi connectivity index (χ2n) is 2.21. The average Bonchev–Trinajstić information content (AvgIpc) is 2.62. The van der Waals surface area contributed by atoms with Gasteiger partial charge in [0.1, 0.15) is 6.10 Å². The van der Waals surface area contributed by atoms with Crippen molar-refractivity contribution in [2.75, 3.05) is 7.11 Å². The number of rotatable bonds is 1. The standard InChI is InChI=1S/C7H8O2.H2O/c1-8-7-5-3-2-4-6(7)9-7;/h2-6H,1H3;1H2. The van der Waals surface area contributed by atoms with Crippen LogP contribution in [-0.2, 0) is 9.47 Å². The molecule has 10 heavy (non-hydrogen) atoms. The number of hydrogen-bond acceptors (Lipinski definition) is 2. The van der Waals surface area contributed by atoms with E-state index >= 15 is 0 Å². The molecule has 0 saturated carbocycles. The molecule has 1 heterocycles. The van der Waals surface area contributed by atoms with Crippen LogP contribution in [0.25, 0.3) is 0 Å². The molecule has 3 nitrogen and oxygen atoms in total. The summed E-state index contributed by atoms with van der Waals surface area (Å²) in [6, 6.07) is 0. The molecule has 0 aromatic carbocycles. The van der Waals surface area contributed by atoms with Crippen molar-refractivity contribution in [3.8, 4) is 0 Å². The lowest BCUT2D eigenvalue weighted by Crippen LogP contribution is -2.14. The molecule has 0 aromatic rings. The van der Waals surface area contributed by atoms with Crippen LogP contribution in [0.4, 0.5) is 0 Å². The van der Waals surface area contributed by atoms with E-state index in [-0.39, 0.29) is 17.4 Å². The zero-order valence-corrected chi connectivity index (χ0v) is 5.70. The van der Waals surface area contributed by atoms with E-state index in [2.05, 4.69) is 0 Å². The zero-order valence-electron chi connectivity index (χ0n) is 5.70. The van der Waals surface area contributed by atoms with Crippen LogP contribution in [0.3, 0.4) is 0 Å². The Bertz CT molecular complexity index is 185. The summed E-state index contributed by atoms with van der Waals surface area (Å²) in [6.45, 7) is 0. The third-order valence-electron chi connectivity index (χ3n) is 1.70. The van der Waals surface area contributed by atoms with E-state index < -0.39 is 0 Å². The normalized spacial score (nSPS) is 40.3. The predicted molar refractivity (Wildman–Crippen MR) is 36.5 cm³/mol. The van der Waals surface area contributed by atoms with Gasteiger partial charge in [0.05, 0.1) is 0 Å². The molecule has 0 amide bonds. The molecule has 2 unspecified atom stereocenters. The van der Waals surface area contributed by atoms with E-state index in [0.29, 0.717) is 0 Å². The van der Waals surface area contributed by atoms with Gasteiger partial charge in [-0.3, -0.25) is 0 Å². The second kappa shape index (κ2) is 2.20. The first kappa shape index (κ1) is 7.47. The van der Waals surface area contributed by atoms with Gasteiger partial charge in [-0.15, -0.1) is 0 Å². The van der Waals surface area contributed by atoms with E-state index in [1.807, 2.05) is 24.3 Å². The molecule has 1 aliphatic carbocycles. The fourth-order valence-electron chi connectivity index (χ4n) is 1.06. The molecule has 2 rings (SSSR count). The van der Waals surface area contributed by atoms with Gasteiger partial charge in [-0.2, -0.15) is 0 Å². The summed E-state index contributed by atoms with van der Waals surface area (Å²) in [5.41, 5.74) is 0. The highest BCUT2D eigenvalue weighted by Crippen LogP contribution is 2.41. The molecule has 2 N–H and O–H groups in total. The highest BCUT2D eigenvalue weighted by Gasteiger charge is 2.54. The number of allylic oxidation sites excluding steroid dienone is 2. The summed E-state index contributed by atoms with van der Waals surface area (Å²) in [5.74, 6) is -0.380. The Kier molecular flexibility index (Phi) is 1.64. The molecule has 1 aliphatic heterocycles. The lowest BCUT2D eigenvalue weighted by Gasteiger charge is -2.03. The fraction of sp³-hybridized carbons (Fsp3) is 0.429. The Balaban J connectivity index is 0.000000500. The maximum atomic E-state index is 5.22. The summed E-state index contributed by atoms with van der Waals surface area (Å²) < 4.78 is 10.3. The van der Waals surface area contributed by atoms with Crippen molar-refractivity contribution >= 4 is 0 Å². The van der Waals surface area contributed by atoms with Crippen LogP contribution in [0.2, 0.25) is 0 Å². The summed E-state index contributed by atoms with van der Waals surface area (Å²) in [6.07, 6.45) is 8.00. The smallest absolute Gasteiger partial charge is 0.219 e. The Labute approximate surface area is 59.2 Å². The van der Waals surface area contributed by atoms with Crippen molar-refractivity contribution < 1.29 is 14.9 Å². The molecule has 3 heteroatoms. The Morgan fingerprint density at radius 3 is 2.80 bits per heavy atom. The molecule has 1 saturated heterocycles. The molecular weight excluding hydrogens is 132 g/mol. The van der Waals surface area contributed by atoms with Crippen LogP contribution in [0.5, 0.6) is 0 Å². The quantitative estimate of drug-likeness (QED) is 0.485. The van der Waals surface area contributed by atoms with E-state index in [0.717, 1.165) is 0 Å². The molecule has 2 aliphatic rings. The summed E-state index contributed by atoms with van der Waals surface area (Å²) >= 11 is 0. The monoisotopic (exact) mass is 142 g/mol.